The van der Waals surface area contributed by atoms with Crippen LogP contribution in [0.15, 0.2) is 48.5 Å². The summed E-state index contributed by atoms with van der Waals surface area (Å²) in [5.41, 5.74) is 3.09. The molecule has 1 N–H and O–H groups in total. The SMILES string of the molecule is Cc1cccc(Nc2nc3ccccc3cc2C)n1. The van der Waals surface area contributed by atoms with Crippen LogP contribution in [0.1, 0.15) is 11.3 Å². The third kappa shape index (κ3) is 2.40. The number of hydrogen-bond donors (Lipinski definition) is 1. The number of para-hydroxylation sites is 1. The maximum atomic E-state index is 4.65. The molecule has 0 aliphatic heterocycles. The van der Waals surface area contributed by atoms with Crippen molar-refractivity contribution in [3.8, 4) is 0 Å². The van der Waals surface area contributed by atoms with E-state index in [9.17, 15) is 0 Å². The van der Waals surface area contributed by atoms with Crippen molar-refractivity contribution in [2.45, 2.75) is 13.8 Å². The predicted octanol–water partition coefficient (Wildman–Crippen LogP) is 3.99. The van der Waals surface area contributed by atoms with Gasteiger partial charge >= 0.3 is 0 Å². The smallest absolute Gasteiger partial charge is 0.135 e. The summed E-state index contributed by atoms with van der Waals surface area (Å²) >= 11 is 0. The van der Waals surface area contributed by atoms with Crippen LogP contribution in [0.2, 0.25) is 0 Å². The Hall–Kier alpha value is -2.42. The molecule has 1 aromatic carbocycles. The molecule has 19 heavy (non-hydrogen) atoms. The van der Waals surface area contributed by atoms with E-state index in [1.165, 1.54) is 0 Å². The Morgan fingerprint density at radius 2 is 1.74 bits per heavy atom. The van der Waals surface area contributed by atoms with Gasteiger partial charge in [-0.05, 0) is 43.7 Å². The van der Waals surface area contributed by atoms with Gasteiger partial charge in [-0.25, -0.2) is 9.97 Å². The van der Waals surface area contributed by atoms with Gasteiger partial charge in [-0.2, -0.15) is 0 Å². The monoisotopic (exact) mass is 249 g/mol. The largest absolute Gasteiger partial charge is 0.325 e. The molecule has 3 heteroatoms. The van der Waals surface area contributed by atoms with Gasteiger partial charge in [0.2, 0.25) is 0 Å². The summed E-state index contributed by atoms with van der Waals surface area (Å²) < 4.78 is 0. The highest BCUT2D eigenvalue weighted by atomic mass is 15.1. The molecule has 0 saturated heterocycles. The van der Waals surface area contributed by atoms with Crippen molar-refractivity contribution in [1.82, 2.24) is 9.97 Å². The molecule has 0 radical (unpaired) electrons. The second-order valence-corrected chi connectivity index (χ2v) is 4.64. The first-order chi connectivity index (χ1) is 9.22. The Balaban J connectivity index is 2.03. The van der Waals surface area contributed by atoms with Crippen molar-refractivity contribution >= 4 is 22.5 Å². The minimum Gasteiger partial charge on any atom is -0.325 e. The van der Waals surface area contributed by atoms with Gasteiger partial charge in [-0.15, -0.1) is 0 Å². The fraction of sp³-hybridized carbons (Fsp3) is 0.125. The highest BCUT2D eigenvalue weighted by Crippen LogP contribution is 2.22. The number of nitrogens with one attached hydrogen (secondary N) is 1. The Morgan fingerprint density at radius 3 is 2.58 bits per heavy atom. The molecule has 2 heterocycles. The average molecular weight is 249 g/mol. The van der Waals surface area contributed by atoms with E-state index in [1.807, 2.05) is 43.3 Å². The molecule has 0 saturated carbocycles. The lowest BCUT2D eigenvalue weighted by molar-refractivity contribution is 1.18. The van der Waals surface area contributed by atoms with Crippen LogP contribution in [-0.4, -0.2) is 9.97 Å². The molecule has 3 nitrogen and oxygen atoms in total. The molecule has 3 aromatic rings. The van der Waals surface area contributed by atoms with Crippen molar-refractivity contribution in [2.24, 2.45) is 0 Å². The Bertz CT molecular complexity index is 735. The summed E-state index contributed by atoms with van der Waals surface area (Å²) in [6.07, 6.45) is 0. The van der Waals surface area contributed by atoms with Gasteiger partial charge in [0.1, 0.15) is 11.6 Å². The molecule has 2 aromatic heterocycles. The number of hydrogen-bond acceptors (Lipinski definition) is 3. The number of pyridine rings is 2. The first-order valence-corrected chi connectivity index (χ1v) is 6.29. The molecule has 0 spiro atoms. The summed E-state index contributed by atoms with van der Waals surface area (Å²) in [7, 11) is 0. The molecule has 0 aliphatic carbocycles. The van der Waals surface area contributed by atoms with Crippen molar-refractivity contribution in [3.63, 3.8) is 0 Å². The molecule has 0 atom stereocenters. The van der Waals surface area contributed by atoms with E-state index in [4.69, 9.17) is 0 Å². The number of anilines is 2. The molecule has 0 amide bonds. The number of rotatable bonds is 2. The Kier molecular flexibility index (Phi) is 2.88. The van der Waals surface area contributed by atoms with Crippen molar-refractivity contribution in [2.75, 3.05) is 5.32 Å². The molecular weight excluding hydrogens is 234 g/mol. The van der Waals surface area contributed by atoms with E-state index >= 15 is 0 Å². The minimum atomic E-state index is 0.825. The zero-order chi connectivity index (χ0) is 13.2. The zero-order valence-corrected chi connectivity index (χ0v) is 11.0. The molecule has 0 bridgehead atoms. The van der Waals surface area contributed by atoms with Crippen LogP contribution in [0, 0.1) is 13.8 Å². The van der Waals surface area contributed by atoms with E-state index in [0.29, 0.717) is 0 Å². The lowest BCUT2D eigenvalue weighted by Gasteiger charge is -2.09. The fourth-order valence-corrected chi connectivity index (χ4v) is 2.08. The van der Waals surface area contributed by atoms with Gasteiger partial charge < -0.3 is 5.32 Å². The highest BCUT2D eigenvalue weighted by Gasteiger charge is 2.04. The van der Waals surface area contributed by atoms with Crippen LogP contribution in [0.5, 0.6) is 0 Å². The van der Waals surface area contributed by atoms with Gasteiger partial charge in [0, 0.05) is 11.1 Å². The molecule has 0 unspecified atom stereocenters. The second-order valence-electron chi connectivity index (χ2n) is 4.64. The van der Waals surface area contributed by atoms with Crippen LogP contribution in [-0.2, 0) is 0 Å². The van der Waals surface area contributed by atoms with E-state index in [0.717, 1.165) is 33.8 Å². The normalized spacial score (nSPS) is 10.6. The van der Waals surface area contributed by atoms with Crippen LogP contribution >= 0.6 is 0 Å². The predicted molar refractivity (Wildman–Crippen MR) is 78.7 cm³/mol. The molecule has 94 valence electrons. The van der Waals surface area contributed by atoms with Crippen LogP contribution in [0.3, 0.4) is 0 Å². The van der Waals surface area contributed by atoms with E-state index < -0.39 is 0 Å². The van der Waals surface area contributed by atoms with Gasteiger partial charge in [0.25, 0.3) is 0 Å². The lowest BCUT2D eigenvalue weighted by atomic mass is 10.1. The van der Waals surface area contributed by atoms with E-state index in [-0.39, 0.29) is 0 Å². The van der Waals surface area contributed by atoms with Crippen molar-refractivity contribution in [3.05, 3.63) is 59.8 Å². The first kappa shape index (κ1) is 11.7. The maximum Gasteiger partial charge on any atom is 0.135 e. The number of aromatic nitrogens is 2. The maximum absolute atomic E-state index is 4.65. The molecule has 0 fully saturated rings. The number of aryl methyl sites for hydroxylation is 2. The van der Waals surface area contributed by atoms with Gasteiger partial charge in [0.05, 0.1) is 5.52 Å². The van der Waals surface area contributed by atoms with Crippen LogP contribution in [0.4, 0.5) is 11.6 Å². The topological polar surface area (TPSA) is 37.8 Å². The summed E-state index contributed by atoms with van der Waals surface area (Å²) in [4.78, 5) is 9.09. The van der Waals surface area contributed by atoms with Crippen LogP contribution < -0.4 is 5.32 Å². The highest BCUT2D eigenvalue weighted by molar-refractivity contribution is 5.82. The molecular formula is C16H15N3. The Labute approximate surface area is 112 Å². The summed E-state index contributed by atoms with van der Waals surface area (Å²) in [5, 5.41) is 4.44. The van der Waals surface area contributed by atoms with Gasteiger partial charge in [0.15, 0.2) is 0 Å². The van der Waals surface area contributed by atoms with Gasteiger partial charge in [-0.1, -0.05) is 24.3 Å². The van der Waals surface area contributed by atoms with Crippen molar-refractivity contribution < 1.29 is 0 Å². The van der Waals surface area contributed by atoms with Gasteiger partial charge in [-0.3, -0.25) is 0 Å². The first-order valence-electron chi connectivity index (χ1n) is 6.29. The minimum absolute atomic E-state index is 0.825. The van der Waals surface area contributed by atoms with Crippen LogP contribution in [0.25, 0.3) is 10.9 Å². The second kappa shape index (κ2) is 4.69. The summed E-state index contributed by atoms with van der Waals surface area (Å²) in [5.74, 6) is 1.68. The third-order valence-electron chi connectivity index (χ3n) is 3.05. The summed E-state index contributed by atoms with van der Waals surface area (Å²) in [6.45, 7) is 4.03. The quantitative estimate of drug-likeness (QED) is 0.746. The van der Waals surface area contributed by atoms with E-state index in [1.54, 1.807) is 0 Å². The Morgan fingerprint density at radius 1 is 0.895 bits per heavy atom. The number of benzene rings is 1. The fourth-order valence-electron chi connectivity index (χ4n) is 2.08. The molecule has 3 rings (SSSR count). The molecule has 0 aliphatic rings. The number of fused-ring (bicyclic) bond motifs is 1. The number of nitrogens with zero attached hydrogens (tertiary/aromatic N) is 2. The van der Waals surface area contributed by atoms with Crippen molar-refractivity contribution in [1.29, 1.82) is 0 Å². The third-order valence-corrected chi connectivity index (χ3v) is 3.05. The van der Waals surface area contributed by atoms with E-state index in [2.05, 4.69) is 34.3 Å². The zero-order valence-electron chi connectivity index (χ0n) is 11.0. The standard InChI is InChI=1S/C16H15N3/c1-11-10-13-7-3-4-8-14(13)18-16(11)19-15-9-5-6-12(2)17-15/h3-10H,1-2H3,(H,17,18,19). The average Bonchev–Trinajstić information content (AvgIpc) is 2.40. The summed E-state index contributed by atoms with van der Waals surface area (Å²) in [6, 6.07) is 16.2. The lowest BCUT2D eigenvalue weighted by Crippen LogP contribution is -1.99.